The quantitative estimate of drug-likeness (QED) is 0.689. The van der Waals surface area contributed by atoms with Gasteiger partial charge in [-0.1, -0.05) is 17.7 Å². The number of sulfone groups is 1. The number of hydrogen-bond donors (Lipinski definition) is 1. The molecule has 4 nitrogen and oxygen atoms in total. The monoisotopic (exact) mass is 428 g/mol. The highest BCUT2D eigenvalue weighted by atomic mass is 35.5. The first-order valence-corrected chi connectivity index (χ1v) is 10.6. The summed E-state index contributed by atoms with van der Waals surface area (Å²) in [4.78, 5) is -0.0679. The summed E-state index contributed by atoms with van der Waals surface area (Å²) in [7, 11) is -4.12. The number of benzene rings is 2. The molecule has 0 amide bonds. The highest BCUT2D eigenvalue weighted by molar-refractivity contribution is 7.91. The van der Waals surface area contributed by atoms with E-state index in [4.69, 9.17) is 16.3 Å². The fourth-order valence-electron chi connectivity index (χ4n) is 3.48. The largest absolute Gasteiger partial charge is 0.490 e. The highest BCUT2D eigenvalue weighted by Gasteiger charge is 2.44. The van der Waals surface area contributed by atoms with Gasteiger partial charge in [-0.2, -0.15) is 0 Å². The van der Waals surface area contributed by atoms with Crippen molar-refractivity contribution < 1.29 is 27.0 Å². The number of rotatable bonds is 6. The molecule has 3 rings (SSSR count). The van der Waals surface area contributed by atoms with Crippen LogP contribution in [0.2, 0.25) is 5.02 Å². The molecule has 1 heterocycles. The second kappa shape index (κ2) is 8.19. The second-order valence-corrected chi connectivity index (χ2v) is 9.18. The van der Waals surface area contributed by atoms with Crippen LogP contribution in [-0.2, 0) is 9.84 Å². The highest BCUT2D eigenvalue weighted by Crippen LogP contribution is 2.47. The number of ether oxygens (including phenoxy) is 1. The molecule has 0 radical (unpaired) electrons. The lowest BCUT2D eigenvalue weighted by atomic mass is 9.90. The molecule has 28 heavy (non-hydrogen) atoms. The van der Waals surface area contributed by atoms with Gasteiger partial charge in [0, 0.05) is 10.9 Å². The molecule has 1 N–H and O–H groups in total. The van der Waals surface area contributed by atoms with E-state index in [0.29, 0.717) is 5.02 Å². The predicted octanol–water partition coefficient (Wildman–Crippen LogP) is 4.47. The van der Waals surface area contributed by atoms with E-state index in [1.54, 1.807) is 0 Å². The van der Waals surface area contributed by atoms with Crippen LogP contribution in [0, 0.1) is 17.6 Å². The Hall–Kier alpha value is -1.96. The van der Waals surface area contributed by atoms with Crippen molar-refractivity contribution in [2.75, 3.05) is 6.61 Å². The van der Waals surface area contributed by atoms with Crippen LogP contribution in [0.25, 0.3) is 0 Å². The molecule has 2 aromatic rings. The smallest absolute Gasteiger partial charge is 0.186 e. The zero-order valence-corrected chi connectivity index (χ0v) is 16.4. The van der Waals surface area contributed by atoms with Gasteiger partial charge in [-0.3, -0.25) is 0 Å². The van der Waals surface area contributed by atoms with Crippen LogP contribution < -0.4 is 4.74 Å². The van der Waals surface area contributed by atoms with Crippen molar-refractivity contribution in [1.29, 1.82) is 0 Å². The van der Waals surface area contributed by atoms with Crippen LogP contribution in [-0.4, -0.2) is 26.2 Å². The van der Waals surface area contributed by atoms with Crippen LogP contribution in [0.1, 0.15) is 23.7 Å². The van der Waals surface area contributed by atoms with Crippen molar-refractivity contribution in [2.24, 2.45) is 5.92 Å². The number of aliphatic hydroxyl groups is 1. The Morgan fingerprint density at radius 3 is 2.50 bits per heavy atom. The fraction of sp³-hybridized carbons (Fsp3) is 0.300. The van der Waals surface area contributed by atoms with Gasteiger partial charge in [0.05, 0.1) is 23.2 Å². The maximum atomic E-state index is 14.7. The summed E-state index contributed by atoms with van der Waals surface area (Å²) in [5.41, 5.74) is -0.350. The van der Waals surface area contributed by atoms with Crippen molar-refractivity contribution in [2.45, 2.75) is 29.1 Å². The molecule has 2 aromatic carbocycles. The molecular weight excluding hydrogens is 410 g/mol. The maximum absolute atomic E-state index is 14.7. The second-order valence-electron chi connectivity index (χ2n) is 6.68. The third kappa shape index (κ3) is 3.92. The maximum Gasteiger partial charge on any atom is 0.186 e. The average molecular weight is 429 g/mol. The Kier molecular flexibility index (Phi) is 6.07. The molecule has 0 aliphatic carbocycles. The summed E-state index contributed by atoms with van der Waals surface area (Å²) < 4.78 is 61.0. The summed E-state index contributed by atoms with van der Waals surface area (Å²) in [6.07, 6.45) is 0.888. The molecule has 8 heteroatoms. The first-order valence-electron chi connectivity index (χ1n) is 8.64. The first-order chi connectivity index (χ1) is 13.3. The van der Waals surface area contributed by atoms with Crippen molar-refractivity contribution in [1.82, 2.24) is 0 Å². The molecule has 0 spiro atoms. The lowest BCUT2D eigenvalue weighted by molar-refractivity contribution is 0.110. The molecule has 150 valence electrons. The molecule has 0 saturated heterocycles. The number of hydrogen-bond acceptors (Lipinski definition) is 4. The minimum atomic E-state index is -4.12. The van der Waals surface area contributed by atoms with Crippen LogP contribution in [0.4, 0.5) is 8.78 Å². The molecule has 0 aromatic heterocycles. The molecule has 0 saturated carbocycles. The van der Waals surface area contributed by atoms with Crippen LogP contribution >= 0.6 is 11.6 Å². The molecule has 1 aliphatic heterocycles. The minimum absolute atomic E-state index is 0.0267. The third-order valence-electron chi connectivity index (χ3n) is 4.74. The number of fused-ring (bicyclic) bond motifs is 1. The fourth-order valence-corrected chi connectivity index (χ4v) is 5.64. The molecule has 0 bridgehead atoms. The van der Waals surface area contributed by atoms with E-state index >= 15 is 0 Å². The predicted molar refractivity (Wildman–Crippen MR) is 102 cm³/mol. The third-order valence-corrected chi connectivity index (χ3v) is 7.21. The molecule has 0 fully saturated rings. The van der Waals surface area contributed by atoms with E-state index in [9.17, 15) is 22.3 Å². The number of halogens is 3. The van der Waals surface area contributed by atoms with Crippen LogP contribution in [0.3, 0.4) is 0 Å². The molecule has 1 unspecified atom stereocenters. The Morgan fingerprint density at radius 1 is 1.21 bits per heavy atom. The van der Waals surface area contributed by atoms with E-state index in [1.807, 2.05) is 0 Å². The lowest BCUT2D eigenvalue weighted by Crippen LogP contribution is -2.35. The van der Waals surface area contributed by atoms with Crippen LogP contribution in [0.15, 0.2) is 53.9 Å². The topological polar surface area (TPSA) is 63.6 Å². The van der Waals surface area contributed by atoms with Crippen molar-refractivity contribution >= 4 is 21.4 Å². The lowest BCUT2D eigenvalue weighted by Gasteiger charge is -2.34. The van der Waals surface area contributed by atoms with E-state index < -0.39 is 44.5 Å². The minimum Gasteiger partial charge on any atom is -0.490 e. The zero-order chi connectivity index (χ0) is 20.5. The van der Waals surface area contributed by atoms with Crippen molar-refractivity contribution in [3.8, 4) is 5.75 Å². The Balaban J connectivity index is 2.14. The van der Waals surface area contributed by atoms with E-state index in [0.717, 1.165) is 12.1 Å². The van der Waals surface area contributed by atoms with Gasteiger partial charge in [0.1, 0.15) is 11.1 Å². The van der Waals surface area contributed by atoms with Crippen molar-refractivity contribution in [3.05, 3.63) is 71.3 Å². The van der Waals surface area contributed by atoms with Gasteiger partial charge in [0.25, 0.3) is 0 Å². The molecule has 1 aliphatic rings. The van der Waals surface area contributed by atoms with Crippen molar-refractivity contribution in [3.63, 3.8) is 0 Å². The van der Waals surface area contributed by atoms with Gasteiger partial charge in [0.15, 0.2) is 21.4 Å². The summed E-state index contributed by atoms with van der Waals surface area (Å²) in [6, 6.07) is 7.25. The van der Waals surface area contributed by atoms with Crippen LogP contribution in [0.5, 0.6) is 5.75 Å². The molecular formula is C20H19ClF2O4S. The van der Waals surface area contributed by atoms with E-state index in [1.165, 1.54) is 30.3 Å². The average Bonchev–Trinajstić information content (AvgIpc) is 2.65. The summed E-state index contributed by atoms with van der Waals surface area (Å²) >= 11 is 5.84. The SMILES string of the molecule is C=CCC(O)C[C@H]1COc2c(F)ccc(F)c2[C@@H]1S(=O)(=O)c1ccc(Cl)cc1. The van der Waals surface area contributed by atoms with Gasteiger partial charge in [-0.25, -0.2) is 17.2 Å². The van der Waals surface area contributed by atoms with Gasteiger partial charge in [-0.05, 0) is 49.2 Å². The Morgan fingerprint density at radius 2 is 1.86 bits per heavy atom. The van der Waals surface area contributed by atoms with Gasteiger partial charge in [0.2, 0.25) is 0 Å². The standard InChI is InChI=1S/C20H19ClF2O4S/c1-2-3-14(24)10-12-11-27-19-17(23)9-8-16(22)18(19)20(12)28(25,26)15-6-4-13(21)5-7-15/h2,4-9,12,14,20,24H,1,3,10-11H2/t12-,14?,20+/m0/s1. The van der Waals surface area contributed by atoms with Gasteiger partial charge in [-0.15, -0.1) is 6.58 Å². The van der Waals surface area contributed by atoms with E-state index in [-0.39, 0.29) is 29.9 Å². The Labute approximate surface area is 167 Å². The van der Waals surface area contributed by atoms with Gasteiger partial charge < -0.3 is 9.84 Å². The van der Waals surface area contributed by atoms with E-state index in [2.05, 4.69) is 6.58 Å². The molecule has 3 atom stereocenters. The summed E-state index contributed by atoms with van der Waals surface area (Å²) in [6.45, 7) is 3.38. The summed E-state index contributed by atoms with van der Waals surface area (Å²) in [5, 5.41) is 9.10. The zero-order valence-electron chi connectivity index (χ0n) is 14.8. The summed E-state index contributed by atoms with van der Waals surface area (Å²) in [5.74, 6) is -2.89. The van der Waals surface area contributed by atoms with Gasteiger partial charge >= 0.3 is 0 Å². The Bertz CT molecular complexity index is 976. The first kappa shape index (κ1) is 20.8. The number of aliphatic hydroxyl groups excluding tert-OH is 1. The normalized spacial score (nSPS) is 20.1.